The number of thiophene rings is 1. The Hall–Kier alpha value is -2.99. The van der Waals surface area contributed by atoms with Crippen molar-refractivity contribution in [2.45, 2.75) is 18.9 Å². The first kappa shape index (κ1) is 19.3. The molecule has 1 aliphatic heterocycles. The molecule has 6 heteroatoms. The maximum Gasteiger partial charge on any atom is 0.264 e. The number of likely N-dealkylation sites (tertiary alicyclic amines) is 1. The molecule has 2 heterocycles. The molecule has 29 heavy (non-hydrogen) atoms. The summed E-state index contributed by atoms with van der Waals surface area (Å²) >= 11 is 1.46. The second-order valence-corrected chi connectivity index (χ2v) is 7.99. The number of amides is 2. The molecule has 0 bridgehead atoms. The summed E-state index contributed by atoms with van der Waals surface area (Å²) < 4.78 is 13.0. The van der Waals surface area contributed by atoms with Crippen molar-refractivity contribution in [3.63, 3.8) is 0 Å². The molecule has 0 spiro atoms. The molecule has 0 radical (unpaired) electrons. The summed E-state index contributed by atoms with van der Waals surface area (Å²) in [6, 6.07) is 17.4. The SMILES string of the molecule is O=C(NC1CCN(C(=O)c2sccc2-c2ccccc2)CC1)c1ccc(F)cc1. The summed E-state index contributed by atoms with van der Waals surface area (Å²) in [6.07, 6.45) is 1.40. The molecule has 0 atom stereocenters. The normalized spacial score (nSPS) is 14.6. The minimum absolute atomic E-state index is 0.00790. The van der Waals surface area contributed by atoms with E-state index in [1.807, 2.05) is 46.7 Å². The van der Waals surface area contributed by atoms with Crippen LogP contribution in [0.1, 0.15) is 32.9 Å². The lowest BCUT2D eigenvalue weighted by atomic mass is 10.0. The number of carbonyl (C=O) groups is 2. The van der Waals surface area contributed by atoms with Crippen LogP contribution in [0.4, 0.5) is 4.39 Å². The molecule has 148 valence electrons. The lowest BCUT2D eigenvalue weighted by molar-refractivity contribution is 0.0703. The first-order valence-corrected chi connectivity index (χ1v) is 10.5. The average molecular weight is 408 g/mol. The minimum atomic E-state index is -0.364. The van der Waals surface area contributed by atoms with Crippen LogP contribution in [0, 0.1) is 5.82 Å². The average Bonchev–Trinajstić information content (AvgIpc) is 3.25. The van der Waals surface area contributed by atoms with Crippen LogP contribution in [-0.2, 0) is 0 Å². The molecule has 4 nitrogen and oxygen atoms in total. The molecule has 0 aliphatic carbocycles. The van der Waals surface area contributed by atoms with Crippen LogP contribution in [0.3, 0.4) is 0 Å². The highest BCUT2D eigenvalue weighted by atomic mass is 32.1. The molecule has 1 saturated heterocycles. The van der Waals surface area contributed by atoms with E-state index >= 15 is 0 Å². The van der Waals surface area contributed by atoms with Crippen molar-refractivity contribution in [2.75, 3.05) is 13.1 Å². The Kier molecular flexibility index (Phi) is 5.71. The highest BCUT2D eigenvalue weighted by molar-refractivity contribution is 7.12. The van der Waals surface area contributed by atoms with Gasteiger partial charge in [0, 0.05) is 30.3 Å². The third-order valence-electron chi connectivity index (χ3n) is 5.17. The van der Waals surface area contributed by atoms with Crippen molar-refractivity contribution < 1.29 is 14.0 Å². The molecule has 0 unspecified atom stereocenters. The molecule has 3 aromatic rings. The predicted octanol–water partition coefficient (Wildman–Crippen LogP) is 4.59. The fraction of sp³-hybridized carbons (Fsp3) is 0.217. The third kappa shape index (κ3) is 4.38. The highest BCUT2D eigenvalue weighted by Gasteiger charge is 2.27. The van der Waals surface area contributed by atoms with Gasteiger partial charge in [0.25, 0.3) is 11.8 Å². The van der Waals surface area contributed by atoms with Crippen LogP contribution in [0.15, 0.2) is 66.0 Å². The zero-order valence-corrected chi connectivity index (χ0v) is 16.6. The van der Waals surface area contributed by atoms with Gasteiger partial charge in [-0.05, 0) is 54.1 Å². The molecule has 1 aromatic heterocycles. The van der Waals surface area contributed by atoms with E-state index in [2.05, 4.69) is 5.32 Å². The zero-order chi connectivity index (χ0) is 20.2. The first-order chi connectivity index (χ1) is 14.1. The van der Waals surface area contributed by atoms with Crippen LogP contribution in [0.5, 0.6) is 0 Å². The van der Waals surface area contributed by atoms with Gasteiger partial charge in [-0.2, -0.15) is 0 Å². The van der Waals surface area contributed by atoms with Gasteiger partial charge >= 0.3 is 0 Å². The maximum absolute atomic E-state index is 13.1. The largest absolute Gasteiger partial charge is 0.349 e. The van der Waals surface area contributed by atoms with E-state index in [4.69, 9.17) is 0 Å². The molecule has 1 N–H and O–H groups in total. The van der Waals surface area contributed by atoms with Crippen molar-refractivity contribution >= 4 is 23.2 Å². The Morgan fingerprint density at radius 2 is 1.66 bits per heavy atom. The van der Waals surface area contributed by atoms with Gasteiger partial charge in [0.2, 0.25) is 0 Å². The van der Waals surface area contributed by atoms with E-state index in [9.17, 15) is 14.0 Å². The number of carbonyl (C=O) groups excluding carboxylic acids is 2. The standard InChI is InChI=1S/C23H21FN2O2S/c24-18-8-6-17(7-9-18)22(27)25-19-10-13-26(14-11-19)23(28)21-20(12-15-29-21)16-4-2-1-3-5-16/h1-9,12,15,19H,10-11,13-14H2,(H,25,27). The summed E-state index contributed by atoms with van der Waals surface area (Å²) in [6.45, 7) is 1.19. The van der Waals surface area contributed by atoms with Gasteiger partial charge in [-0.3, -0.25) is 9.59 Å². The summed E-state index contributed by atoms with van der Waals surface area (Å²) in [5.74, 6) is -0.529. The van der Waals surface area contributed by atoms with E-state index < -0.39 is 0 Å². The van der Waals surface area contributed by atoms with Gasteiger partial charge < -0.3 is 10.2 Å². The number of nitrogens with zero attached hydrogens (tertiary/aromatic N) is 1. The number of hydrogen-bond donors (Lipinski definition) is 1. The molecular weight excluding hydrogens is 387 g/mol. The Balaban J connectivity index is 1.37. The van der Waals surface area contributed by atoms with Crippen LogP contribution >= 0.6 is 11.3 Å². The maximum atomic E-state index is 13.1. The highest BCUT2D eigenvalue weighted by Crippen LogP contribution is 2.30. The number of halogens is 1. The molecule has 0 saturated carbocycles. The van der Waals surface area contributed by atoms with Gasteiger partial charge in [0.05, 0.1) is 4.88 Å². The van der Waals surface area contributed by atoms with E-state index in [0.29, 0.717) is 31.5 Å². The Labute approximate surface area is 173 Å². The number of hydrogen-bond acceptors (Lipinski definition) is 3. The molecule has 4 rings (SSSR count). The number of rotatable bonds is 4. The summed E-state index contributed by atoms with van der Waals surface area (Å²) in [7, 11) is 0. The second-order valence-electron chi connectivity index (χ2n) is 7.08. The van der Waals surface area contributed by atoms with Gasteiger partial charge in [0.15, 0.2) is 0 Å². The van der Waals surface area contributed by atoms with Crippen molar-refractivity contribution in [2.24, 2.45) is 0 Å². The smallest absolute Gasteiger partial charge is 0.264 e. The first-order valence-electron chi connectivity index (χ1n) is 9.60. The minimum Gasteiger partial charge on any atom is -0.349 e. The van der Waals surface area contributed by atoms with E-state index in [-0.39, 0.29) is 23.7 Å². The summed E-state index contributed by atoms with van der Waals surface area (Å²) in [5, 5.41) is 4.94. The fourth-order valence-corrected chi connectivity index (χ4v) is 4.44. The number of piperidine rings is 1. The molecule has 1 aliphatic rings. The molecule has 1 fully saturated rings. The Bertz CT molecular complexity index is 993. The van der Waals surface area contributed by atoms with Crippen LogP contribution in [-0.4, -0.2) is 35.8 Å². The molecule has 2 aromatic carbocycles. The summed E-state index contributed by atoms with van der Waals surface area (Å²) in [5.41, 5.74) is 2.45. The Morgan fingerprint density at radius 3 is 2.34 bits per heavy atom. The quantitative estimate of drug-likeness (QED) is 0.687. The molecule has 2 amide bonds. The predicted molar refractivity (Wildman–Crippen MR) is 113 cm³/mol. The monoisotopic (exact) mass is 408 g/mol. The van der Waals surface area contributed by atoms with Crippen LogP contribution in [0.2, 0.25) is 0 Å². The second kappa shape index (κ2) is 8.57. The van der Waals surface area contributed by atoms with Crippen molar-refractivity contribution in [1.82, 2.24) is 10.2 Å². The topological polar surface area (TPSA) is 49.4 Å². The van der Waals surface area contributed by atoms with Crippen molar-refractivity contribution in [3.8, 4) is 11.1 Å². The lowest BCUT2D eigenvalue weighted by Crippen LogP contribution is -2.46. The number of nitrogens with one attached hydrogen (secondary N) is 1. The van der Waals surface area contributed by atoms with Crippen molar-refractivity contribution in [1.29, 1.82) is 0 Å². The van der Waals surface area contributed by atoms with E-state index in [1.165, 1.54) is 35.6 Å². The summed E-state index contributed by atoms with van der Waals surface area (Å²) in [4.78, 5) is 28.0. The van der Waals surface area contributed by atoms with Gasteiger partial charge in [-0.15, -0.1) is 11.3 Å². The van der Waals surface area contributed by atoms with E-state index in [1.54, 1.807) is 0 Å². The zero-order valence-electron chi connectivity index (χ0n) is 15.8. The van der Waals surface area contributed by atoms with Gasteiger partial charge in [-0.25, -0.2) is 4.39 Å². The third-order valence-corrected chi connectivity index (χ3v) is 6.07. The van der Waals surface area contributed by atoms with Crippen LogP contribution in [0.25, 0.3) is 11.1 Å². The fourth-order valence-electron chi connectivity index (χ4n) is 3.56. The van der Waals surface area contributed by atoms with E-state index in [0.717, 1.165) is 16.0 Å². The van der Waals surface area contributed by atoms with Gasteiger partial charge in [0.1, 0.15) is 5.82 Å². The van der Waals surface area contributed by atoms with Crippen molar-refractivity contribution in [3.05, 3.63) is 82.3 Å². The Morgan fingerprint density at radius 1 is 0.966 bits per heavy atom. The van der Waals surface area contributed by atoms with Crippen LogP contribution < -0.4 is 5.32 Å². The molecular formula is C23H21FN2O2S. The lowest BCUT2D eigenvalue weighted by Gasteiger charge is -2.32. The number of benzene rings is 2. The van der Waals surface area contributed by atoms with Gasteiger partial charge in [-0.1, -0.05) is 30.3 Å².